The number of esters is 1. The van der Waals surface area contributed by atoms with Gasteiger partial charge in [0.15, 0.2) is 5.75 Å². The molecule has 1 unspecified atom stereocenters. The summed E-state index contributed by atoms with van der Waals surface area (Å²) in [6.45, 7) is 0.722. The molecular weight excluding hydrogens is 409 g/mol. The summed E-state index contributed by atoms with van der Waals surface area (Å²) in [6, 6.07) is 2.72. The summed E-state index contributed by atoms with van der Waals surface area (Å²) >= 11 is 0. The second-order valence-corrected chi connectivity index (χ2v) is 8.69. The maximum absolute atomic E-state index is 14.1. The highest BCUT2D eigenvalue weighted by atomic mass is 32.2. The van der Waals surface area contributed by atoms with Gasteiger partial charge in [0.1, 0.15) is 11.6 Å². The highest BCUT2D eigenvalue weighted by molar-refractivity contribution is 7.89. The number of benzene rings is 1. The average molecular weight is 429 g/mol. The lowest BCUT2D eigenvalue weighted by atomic mass is 9.75. The van der Waals surface area contributed by atoms with Gasteiger partial charge in [-0.05, 0) is 37.8 Å². The Morgan fingerprint density at radius 1 is 1.29 bits per heavy atom. The number of halogens is 5. The van der Waals surface area contributed by atoms with E-state index in [4.69, 9.17) is 4.74 Å². The Morgan fingerprint density at radius 2 is 1.96 bits per heavy atom. The molecule has 0 aromatic heterocycles. The van der Waals surface area contributed by atoms with E-state index in [2.05, 4.69) is 0 Å². The average Bonchev–Trinajstić information content (AvgIpc) is 2.56. The lowest BCUT2D eigenvalue weighted by Gasteiger charge is -2.40. The molecule has 1 aromatic rings. The van der Waals surface area contributed by atoms with Crippen LogP contribution in [0.5, 0.6) is 0 Å². The highest BCUT2D eigenvalue weighted by Crippen LogP contribution is 2.37. The Labute approximate surface area is 159 Å². The first kappa shape index (κ1) is 22.5. The molecule has 0 spiro atoms. The van der Waals surface area contributed by atoms with Crippen LogP contribution in [0.15, 0.2) is 18.2 Å². The molecule has 1 saturated heterocycles. The Bertz CT molecular complexity index is 827. The van der Waals surface area contributed by atoms with E-state index < -0.39 is 51.5 Å². The van der Waals surface area contributed by atoms with Crippen LogP contribution in [-0.2, 0) is 26.0 Å². The van der Waals surface area contributed by atoms with Crippen molar-refractivity contribution in [1.82, 2.24) is 4.31 Å². The Hall–Kier alpha value is -1.75. The van der Waals surface area contributed by atoms with Crippen LogP contribution < -0.4 is 0 Å². The molecule has 0 bridgehead atoms. The van der Waals surface area contributed by atoms with E-state index in [0.29, 0.717) is 10.4 Å². The van der Waals surface area contributed by atoms with E-state index >= 15 is 0 Å². The van der Waals surface area contributed by atoms with Gasteiger partial charge in [0.25, 0.3) is 0 Å². The monoisotopic (exact) mass is 429 g/mol. The molecule has 1 atom stereocenters. The minimum Gasteiger partial charge on any atom is -0.466 e. The van der Waals surface area contributed by atoms with Crippen LogP contribution in [-0.4, -0.2) is 50.3 Å². The first-order valence-corrected chi connectivity index (χ1v) is 10.2. The minimum absolute atomic E-state index is 0.0399. The van der Waals surface area contributed by atoms with Crippen molar-refractivity contribution in [2.75, 3.05) is 25.4 Å². The molecule has 11 heteroatoms. The van der Waals surface area contributed by atoms with E-state index in [0.717, 1.165) is 12.1 Å². The number of alkyl halides is 3. The molecule has 1 aliphatic heterocycles. The molecule has 1 aromatic carbocycles. The van der Waals surface area contributed by atoms with Crippen molar-refractivity contribution >= 4 is 16.0 Å². The topological polar surface area (TPSA) is 63.7 Å². The summed E-state index contributed by atoms with van der Waals surface area (Å²) in [5.74, 6) is -4.64. The fourth-order valence-corrected chi connectivity index (χ4v) is 4.77. The Morgan fingerprint density at radius 3 is 2.54 bits per heavy atom. The third kappa shape index (κ3) is 5.40. The van der Waals surface area contributed by atoms with Gasteiger partial charge in [-0.3, -0.25) is 4.79 Å². The van der Waals surface area contributed by atoms with Crippen LogP contribution in [0.1, 0.15) is 25.3 Å². The SMILES string of the molecule is CCOC(=O)C1(Cc2ccc(F)cc2F)CCCN(S(=O)(=O)CC(F)(F)F)C1. The van der Waals surface area contributed by atoms with Crippen molar-refractivity contribution < 1.29 is 39.9 Å². The van der Waals surface area contributed by atoms with Crippen molar-refractivity contribution in [2.24, 2.45) is 5.41 Å². The number of hydrogen-bond acceptors (Lipinski definition) is 4. The van der Waals surface area contributed by atoms with Crippen molar-refractivity contribution in [3.8, 4) is 0 Å². The summed E-state index contributed by atoms with van der Waals surface area (Å²) in [6.07, 6.45) is -5.07. The second kappa shape index (κ2) is 8.32. The second-order valence-electron chi connectivity index (χ2n) is 6.72. The summed E-state index contributed by atoms with van der Waals surface area (Å²) in [5, 5.41) is 0. The van der Waals surface area contributed by atoms with E-state index in [-0.39, 0.29) is 38.0 Å². The van der Waals surface area contributed by atoms with Crippen molar-refractivity contribution in [2.45, 2.75) is 32.4 Å². The third-order valence-corrected chi connectivity index (χ3v) is 6.32. The van der Waals surface area contributed by atoms with Gasteiger partial charge in [0.2, 0.25) is 10.0 Å². The standard InChI is InChI=1S/C17H20F5NO4S/c1-2-27-15(24)16(9-12-4-5-13(18)8-14(12)19)6-3-7-23(10-16)28(25,26)11-17(20,21)22/h4-5,8H,2-3,6-7,9-11H2,1H3. The van der Waals surface area contributed by atoms with Gasteiger partial charge < -0.3 is 4.74 Å². The molecule has 0 N–H and O–H groups in total. The van der Waals surface area contributed by atoms with Gasteiger partial charge >= 0.3 is 12.1 Å². The van der Waals surface area contributed by atoms with E-state index in [1.54, 1.807) is 0 Å². The fraction of sp³-hybridized carbons (Fsp3) is 0.588. The number of nitrogens with zero attached hydrogens (tertiary/aromatic N) is 1. The summed E-state index contributed by atoms with van der Waals surface area (Å²) in [5.41, 5.74) is -1.62. The van der Waals surface area contributed by atoms with E-state index in [1.165, 1.54) is 6.92 Å². The maximum Gasteiger partial charge on any atom is 0.404 e. The predicted molar refractivity (Wildman–Crippen MR) is 89.8 cm³/mol. The van der Waals surface area contributed by atoms with E-state index in [1.807, 2.05) is 0 Å². The van der Waals surface area contributed by atoms with Crippen molar-refractivity contribution in [3.63, 3.8) is 0 Å². The number of ether oxygens (including phenoxy) is 1. The highest BCUT2D eigenvalue weighted by Gasteiger charge is 2.48. The number of hydrogen-bond donors (Lipinski definition) is 0. The summed E-state index contributed by atoms with van der Waals surface area (Å²) in [7, 11) is -4.72. The molecular formula is C17H20F5NO4S. The van der Waals surface area contributed by atoms with E-state index in [9.17, 15) is 35.2 Å². The van der Waals surface area contributed by atoms with Crippen LogP contribution in [0, 0.1) is 17.0 Å². The van der Waals surface area contributed by atoms with Gasteiger partial charge in [-0.1, -0.05) is 6.07 Å². The first-order chi connectivity index (χ1) is 12.9. The molecule has 0 amide bonds. The zero-order chi connectivity index (χ0) is 21.2. The molecule has 158 valence electrons. The molecule has 0 aliphatic carbocycles. The number of piperidine rings is 1. The van der Waals surface area contributed by atoms with Gasteiger partial charge in [0, 0.05) is 19.2 Å². The summed E-state index contributed by atoms with van der Waals surface area (Å²) < 4.78 is 95.1. The quantitative estimate of drug-likeness (QED) is 0.515. The number of carbonyl (C=O) groups excluding carboxylic acids is 1. The molecule has 5 nitrogen and oxygen atoms in total. The normalized spacial score (nSPS) is 21.5. The van der Waals surface area contributed by atoms with Gasteiger partial charge in [-0.15, -0.1) is 0 Å². The summed E-state index contributed by atoms with van der Waals surface area (Å²) in [4.78, 5) is 12.6. The number of sulfonamides is 1. The van der Waals surface area contributed by atoms with Gasteiger partial charge in [-0.2, -0.15) is 13.2 Å². The maximum atomic E-state index is 14.1. The first-order valence-electron chi connectivity index (χ1n) is 8.54. The van der Waals surface area contributed by atoms with Crippen LogP contribution >= 0.6 is 0 Å². The zero-order valence-electron chi connectivity index (χ0n) is 15.1. The molecule has 28 heavy (non-hydrogen) atoms. The number of carbonyl (C=O) groups is 1. The molecule has 1 aliphatic rings. The molecule has 1 heterocycles. The van der Waals surface area contributed by atoms with Crippen LogP contribution in [0.25, 0.3) is 0 Å². The lowest BCUT2D eigenvalue weighted by molar-refractivity contribution is -0.158. The molecule has 0 saturated carbocycles. The lowest BCUT2D eigenvalue weighted by Crippen LogP contribution is -2.53. The van der Waals surface area contributed by atoms with Gasteiger partial charge in [-0.25, -0.2) is 21.5 Å². The van der Waals surface area contributed by atoms with Crippen molar-refractivity contribution in [1.29, 1.82) is 0 Å². The molecule has 1 fully saturated rings. The predicted octanol–water partition coefficient (Wildman–Crippen LogP) is 3.04. The Kier molecular flexibility index (Phi) is 6.70. The number of rotatable bonds is 6. The van der Waals surface area contributed by atoms with Gasteiger partial charge in [0.05, 0.1) is 12.0 Å². The van der Waals surface area contributed by atoms with Crippen LogP contribution in [0.4, 0.5) is 22.0 Å². The van der Waals surface area contributed by atoms with Crippen molar-refractivity contribution in [3.05, 3.63) is 35.4 Å². The fourth-order valence-electron chi connectivity index (χ4n) is 3.32. The van der Waals surface area contributed by atoms with Crippen LogP contribution in [0.3, 0.4) is 0 Å². The van der Waals surface area contributed by atoms with Crippen LogP contribution in [0.2, 0.25) is 0 Å². The third-order valence-electron chi connectivity index (χ3n) is 4.53. The Balaban J connectivity index is 2.38. The smallest absolute Gasteiger partial charge is 0.404 e. The minimum atomic E-state index is -4.94. The largest absolute Gasteiger partial charge is 0.466 e. The molecule has 0 radical (unpaired) electrons. The molecule has 2 rings (SSSR count). The zero-order valence-corrected chi connectivity index (χ0v) is 15.9.